The number of amides is 1. The smallest absolute Gasteiger partial charge is 0.253 e. The molecule has 2 fully saturated rings. The van der Waals surface area contributed by atoms with Crippen molar-refractivity contribution in [1.82, 2.24) is 4.90 Å². The van der Waals surface area contributed by atoms with Gasteiger partial charge in [-0.05, 0) is 37.5 Å². The van der Waals surface area contributed by atoms with Gasteiger partial charge in [0.1, 0.15) is 5.75 Å². The van der Waals surface area contributed by atoms with Gasteiger partial charge in [0.05, 0.1) is 24.8 Å². The summed E-state index contributed by atoms with van der Waals surface area (Å²) >= 11 is 6.16. The first-order valence-electron chi connectivity index (χ1n) is 8.33. The van der Waals surface area contributed by atoms with Crippen molar-refractivity contribution in [3.63, 3.8) is 0 Å². The Balaban J connectivity index is 1.79. The quantitative estimate of drug-likeness (QED) is 0.834. The predicted octanol–water partition coefficient (Wildman–Crippen LogP) is 3.01. The molecular formula is C18H24ClNO4. The highest BCUT2D eigenvalue weighted by Crippen LogP contribution is 2.40. The van der Waals surface area contributed by atoms with Gasteiger partial charge in [-0.2, -0.15) is 0 Å². The summed E-state index contributed by atoms with van der Waals surface area (Å²) in [6.45, 7) is 2.77. The fourth-order valence-corrected chi connectivity index (χ4v) is 4.20. The van der Waals surface area contributed by atoms with Gasteiger partial charge in [0.2, 0.25) is 0 Å². The monoisotopic (exact) mass is 353 g/mol. The van der Waals surface area contributed by atoms with Gasteiger partial charge in [-0.1, -0.05) is 11.6 Å². The Morgan fingerprint density at radius 1 is 1.46 bits per heavy atom. The number of methoxy groups -OCH3 is 2. The summed E-state index contributed by atoms with van der Waals surface area (Å²) < 4.78 is 16.6. The number of benzene rings is 1. The van der Waals surface area contributed by atoms with Crippen molar-refractivity contribution in [2.75, 3.05) is 40.5 Å². The highest BCUT2D eigenvalue weighted by atomic mass is 35.5. The molecule has 1 aromatic carbocycles. The molecule has 0 bridgehead atoms. The van der Waals surface area contributed by atoms with Crippen LogP contribution < -0.4 is 4.74 Å². The second-order valence-corrected chi connectivity index (χ2v) is 7.03. The van der Waals surface area contributed by atoms with E-state index in [-0.39, 0.29) is 17.4 Å². The first-order chi connectivity index (χ1) is 11.6. The zero-order valence-corrected chi connectivity index (χ0v) is 15.0. The third-order valence-corrected chi connectivity index (χ3v) is 5.40. The minimum absolute atomic E-state index is 0.000875. The van der Waals surface area contributed by atoms with Gasteiger partial charge in [0.15, 0.2) is 0 Å². The van der Waals surface area contributed by atoms with Crippen LogP contribution in [0.25, 0.3) is 0 Å². The Bertz CT molecular complexity index is 605. The number of piperidine rings is 1. The number of hydrogen-bond acceptors (Lipinski definition) is 4. The average molecular weight is 354 g/mol. The summed E-state index contributed by atoms with van der Waals surface area (Å²) in [6, 6.07) is 5.17. The Kier molecular flexibility index (Phi) is 5.33. The molecule has 0 unspecified atom stereocenters. The van der Waals surface area contributed by atoms with Crippen LogP contribution >= 0.6 is 11.6 Å². The van der Waals surface area contributed by atoms with Crippen LogP contribution in [0.2, 0.25) is 5.02 Å². The number of carbonyl (C=O) groups is 1. The number of hydrogen-bond donors (Lipinski definition) is 0. The second-order valence-electron chi connectivity index (χ2n) is 6.62. The van der Waals surface area contributed by atoms with Crippen molar-refractivity contribution in [2.24, 2.45) is 5.41 Å². The molecule has 0 spiro atoms. The minimum atomic E-state index is -0.100. The molecule has 1 amide bonds. The van der Waals surface area contributed by atoms with Crippen LogP contribution in [0.3, 0.4) is 0 Å². The molecule has 0 saturated carbocycles. The van der Waals surface area contributed by atoms with Gasteiger partial charge in [-0.3, -0.25) is 4.79 Å². The molecule has 5 nitrogen and oxygen atoms in total. The lowest BCUT2D eigenvalue weighted by Crippen LogP contribution is -2.58. The maximum absolute atomic E-state index is 12.9. The zero-order valence-electron chi connectivity index (χ0n) is 14.2. The van der Waals surface area contributed by atoms with Crippen LogP contribution in [0.15, 0.2) is 18.2 Å². The molecule has 0 aromatic heterocycles. The zero-order chi connectivity index (χ0) is 17.2. The van der Waals surface area contributed by atoms with Crippen LogP contribution in [-0.2, 0) is 9.47 Å². The molecule has 2 saturated heterocycles. The summed E-state index contributed by atoms with van der Waals surface area (Å²) in [5.41, 5.74) is 0.487. The Morgan fingerprint density at radius 2 is 2.29 bits per heavy atom. The minimum Gasteiger partial charge on any atom is -0.495 e. The summed E-state index contributed by atoms with van der Waals surface area (Å²) in [5, 5.41) is 0.450. The van der Waals surface area contributed by atoms with E-state index in [0.717, 1.165) is 25.9 Å². The highest BCUT2D eigenvalue weighted by Gasteiger charge is 2.47. The van der Waals surface area contributed by atoms with Crippen LogP contribution in [0, 0.1) is 5.41 Å². The van der Waals surface area contributed by atoms with Gasteiger partial charge in [0, 0.05) is 37.8 Å². The number of nitrogens with zero attached hydrogens (tertiary/aromatic N) is 1. The molecule has 132 valence electrons. The molecule has 0 N–H and O–H groups in total. The van der Waals surface area contributed by atoms with E-state index in [4.69, 9.17) is 25.8 Å². The van der Waals surface area contributed by atoms with E-state index in [0.29, 0.717) is 36.0 Å². The lowest BCUT2D eigenvalue weighted by Gasteiger charge is -2.50. The molecule has 2 aliphatic rings. The molecular weight excluding hydrogens is 330 g/mol. The standard InChI is InChI=1S/C18H24ClNO4/c1-22-12-18-7-3-9-24-16(18)6-8-20(11-18)17(21)13-4-5-15(23-2)14(19)10-13/h4-5,10,16H,3,6-9,11-12H2,1-2H3/t16-,18+/m1/s1. The second kappa shape index (κ2) is 7.30. The van der Waals surface area contributed by atoms with E-state index >= 15 is 0 Å². The van der Waals surface area contributed by atoms with Gasteiger partial charge < -0.3 is 19.1 Å². The molecule has 2 atom stereocenters. The normalized spacial score (nSPS) is 26.8. The largest absolute Gasteiger partial charge is 0.495 e. The Labute approximate surface area is 147 Å². The fraction of sp³-hybridized carbons (Fsp3) is 0.611. The summed E-state index contributed by atoms with van der Waals surface area (Å²) in [7, 11) is 3.27. The van der Waals surface area contributed by atoms with Crippen LogP contribution in [0.4, 0.5) is 0 Å². The van der Waals surface area contributed by atoms with Crippen LogP contribution in [0.1, 0.15) is 29.6 Å². The Hall–Kier alpha value is -1.30. The van der Waals surface area contributed by atoms with Gasteiger partial charge in [-0.25, -0.2) is 0 Å². The van der Waals surface area contributed by atoms with Gasteiger partial charge >= 0.3 is 0 Å². The maximum Gasteiger partial charge on any atom is 0.253 e. The van der Waals surface area contributed by atoms with Crippen molar-refractivity contribution in [2.45, 2.75) is 25.4 Å². The van der Waals surface area contributed by atoms with E-state index in [1.165, 1.54) is 0 Å². The van der Waals surface area contributed by atoms with Crippen molar-refractivity contribution in [3.8, 4) is 5.75 Å². The van der Waals surface area contributed by atoms with Crippen molar-refractivity contribution in [3.05, 3.63) is 28.8 Å². The fourth-order valence-electron chi connectivity index (χ4n) is 3.94. The average Bonchev–Trinajstić information content (AvgIpc) is 2.60. The third-order valence-electron chi connectivity index (χ3n) is 5.11. The van der Waals surface area contributed by atoms with Crippen molar-refractivity contribution in [1.29, 1.82) is 0 Å². The first kappa shape index (κ1) is 17.5. The van der Waals surface area contributed by atoms with Crippen LogP contribution in [-0.4, -0.2) is 57.4 Å². The van der Waals surface area contributed by atoms with Crippen molar-refractivity contribution < 1.29 is 19.0 Å². The van der Waals surface area contributed by atoms with Crippen LogP contribution in [0.5, 0.6) is 5.75 Å². The van der Waals surface area contributed by atoms with E-state index in [2.05, 4.69) is 0 Å². The predicted molar refractivity (Wildman–Crippen MR) is 91.8 cm³/mol. The molecule has 6 heteroatoms. The molecule has 24 heavy (non-hydrogen) atoms. The summed E-state index contributed by atoms with van der Waals surface area (Å²) in [4.78, 5) is 14.8. The third kappa shape index (κ3) is 3.25. The molecule has 0 radical (unpaired) electrons. The topological polar surface area (TPSA) is 48.0 Å². The number of rotatable bonds is 4. The van der Waals surface area contributed by atoms with Gasteiger partial charge in [-0.15, -0.1) is 0 Å². The molecule has 2 heterocycles. The molecule has 3 rings (SSSR count). The van der Waals surface area contributed by atoms with E-state index in [1.807, 2.05) is 4.90 Å². The van der Waals surface area contributed by atoms with E-state index in [1.54, 1.807) is 32.4 Å². The first-order valence-corrected chi connectivity index (χ1v) is 8.71. The van der Waals surface area contributed by atoms with E-state index in [9.17, 15) is 4.79 Å². The van der Waals surface area contributed by atoms with E-state index < -0.39 is 0 Å². The Morgan fingerprint density at radius 3 is 3.00 bits per heavy atom. The SMILES string of the molecule is COC[C@@]12CCCO[C@@H]1CCN(C(=O)c1ccc(OC)c(Cl)c1)C2. The molecule has 0 aliphatic carbocycles. The molecule has 1 aromatic rings. The summed E-state index contributed by atoms with van der Waals surface area (Å²) in [6.07, 6.45) is 3.06. The number of likely N-dealkylation sites (tertiary alicyclic amines) is 1. The number of fused-ring (bicyclic) bond motifs is 1. The van der Waals surface area contributed by atoms with Gasteiger partial charge in [0.25, 0.3) is 5.91 Å². The summed E-state index contributed by atoms with van der Waals surface area (Å²) in [5.74, 6) is 0.572. The lowest BCUT2D eigenvalue weighted by atomic mass is 9.73. The molecule has 2 aliphatic heterocycles. The number of carbonyl (C=O) groups excluding carboxylic acids is 1. The lowest BCUT2D eigenvalue weighted by molar-refractivity contribution is -0.142. The number of halogens is 1. The maximum atomic E-state index is 12.9. The number of ether oxygens (including phenoxy) is 3. The van der Waals surface area contributed by atoms with Crippen molar-refractivity contribution >= 4 is 17.5 Å². The highest BCUT2D eigenvalue weighted by molar-refractivity contribution is 6.32.